The molecule has 1 aliphatic heterocycles. The van der Waals surface area contributed by atoms with Gasteiger partial charge < -0.3 is 15.4 Å². The number of hydrogen-bond donors (Lipinski definition) is 2. The van der Waals surface area contributed by atoms with Crippen molar-refractivity contribution in [3.63, 3.8) is 0 Å². The van der Waals surface area contributed by atoms with Crippen molar-refractivity contribution in [2.24, 2.45) is 0 Å². The van der Waals surface area contributed by atoms with Crippen molar-refractivity contribution in [2.75, 3.05) is 20.2 Å². The maximum absolute atomic E-state index is 11.6. The number of nitrogens with one attached hydrogen (secondary N) is 2. The van der Waals surface area contributed by atoms with E-state index in [-0.39, 0.29) is 5.91 Å². The van der Waals surface area contributed by atoms with Crippen LogP contribution in [0.4, 0.5) is 0 Å². The van der Waals surface area contributed by atoms with Gasteiger partial charge in [-0.1, -0.05) is 0 Å². The Morgan fingerprint density at radius 3 is 2.86 bits per heavy atom. The molecule has 1 unspecified atom stereocenters. The van der Waals surface area contributed by atoms with E-state index in [2.05, 4.69) is 10.6 Å². The summed E-state index contributed by atoms with van der Waals surface area (Å²) in [7, 11) is 1.55. The predicted octanol–water partition coefficient (Wildman–Crippen LogP) is 0.280. The van der Waals surface area contributed by atoms with Crippen LogP contribution in [0, 0.1) is 0 Å². The van der Waals surface area contributed by atoms with Crippen LogP contribution in [-0.2, 0) is 9.53 Å². The summed E-state index contributed by atoms with van der Waals surface area (Å²) in [5, 5.41) is 6.22. The molecule has 4 nitrogen and oxygen atoms in total. The molecule has 0 aromatic rings. The Bertz CT molecular complexity index is 198. The average Bonchev–Trinajstić information content (AvgIpc) is 2.66. The molecule has 82 valence electrons. The van der Waals surface area contributed by atoms with Crippen LogP contribution < -0.4 is 10.6 Å². The first-order valence-corrected chi connectivity index (χ1v) is 5.13. The fourth-order valence-electron chi connectivity index (χ4n) is 1.45. The highest BCUT2D eigenvalue weighted by Crippen LogP contribution is 2.08. The Hall–Kier alpha value is -0.610. The van der Waals surface area contributed by atoms with Gasteiger partial charge in [0.25, 0.3) is 5.91 Å². The zero-order chi connectivity index (χ0) is 10.6. The summed E-state index contributed by atoms with van der Waals surface area (Å²) in [6, 6.07) is 0.437. The molecular weight excluding hydrogens is 180 g/mol. The lowest BCUT2D eigenvalue weighted by molar-refractivity contribution is -0.139. The molecule has 1 saturated heterocycles. The van der Waals surface area contributed by atoms with E-state index < -0.39 is 5.60 Å². The normalized spacial score (nSPS) is 22.4. The van der Waals surface area contributed by atoms with Gasteiger partial charge in [0.05, 0.1) is 0 Å². The first-order valence-electron chi connectivity index (χ1n) is 5.13. The van der Waals surface area contributed by atoms with E-state index in [9.17, 15) is 4.79 Å². The molecule has 1 aliphatic rings. The SMILES string of the molecule is COC(C)(C)C(=O)NCC1CCCN1. The number of hydrogen-bond acceptors (Lipinski definition) is 3. The Morgan fingerprint density at radius 1 is 1.64 bits per heavy atom. The van der Waals surface area contributed by atoms with Gasteiger partial charge in [0, 0.05) is 19.7 Å². The van der Waals surface area contributed by atoms with E-state index in [1.807, 2.05) is 0 Å². The van der Waals surface area contributed by atoms with Crippen molar-refractivity contribution in [3.8, 4) is 0 Å². The molecule has 0 aromatic heterocycles. The van der Waals surface area contributed by atoms with Crippen LogP contribution in [-0.4, -0.2) is 37.7 Å². The van der Waals surface area contributed by atoms with Gasteiger partial charge in [-0.15, -0.1) is 0 Å². The van der Waals surface area contributed by atoms with Crippen molar-refractivity contribution in [1.82, 2.24) is 10.6 Å². The molecule has 0 radical (unpaired) electrons. The summed E-state index contributed by atoms with van der Waals surface area (Å²) in [6.07, 6.45) is 2.35. The molecule has 1 fully saturated rings. The van der Waals surface area contributed by atoms with Gasteiger partial charge in [-0.05, 0) is 33.2 Å². The molecule has 14 heavy (non-hydrogen) atoms. The van der Waals surface area contributed by atoms with Crippen LogP contribution in [0.1, 0.15) is 26.7 Å². The van der Waals surface area contributed by atoms with Crippen LogP contribution in [0.15, 0.2) is 0 Å². The van der Waals surface area contributed by atoms with E-state index in [1.54, 1.807) is 21.0 Å². The Balaban J connectivity index is 2.26. The van der Waals surface area contributed by atoms with Gasteiger partial charge in [-0.3, -0.25) is 4.79 Å². The van der Waals surface area contributed by atoms with Crippen LogP contribution in [0.2, 0.25) is 0 Å². The number of rotatable bonds is 4. The van der Waals surface area contributed by atoms with Crippen molar-refractivity contribution in [1.29, 1.82) is 0 Å². The van der Waals surface area contributed by atoms with Crippen LogP contribution >= 0.6 is 0 Å². The van der Waals surface area contributed by atoms with Crippen molar-refractivity contribution >= 4 is 5.91 Å². The standard InChI is InChI=1S/C10H20N2O2/c1-10(2,14-3)9(13)12-7-8-5-4-6-11-8/h8,11H,4-7H2,1-3H3,(H,12,13). The lowest BCUT2D eigenvalue weighted by atomic mass is 10.1. The third kappa shape index (κ3) is 2.96. The lowest BCUT2D eigenvalue weighted by Crippen LogP contribution is -2.47. The summed E-state index contributed by atoms with van der Waals surface area (Å²) < 4.78 is 5.08. The quantitative estimate of drug-likeness (QED) is 0.685. The van der Waals surface area contributed by atoms with E-state index in [1.165, 1.54) is 6.42 Å². The Kier molecular flexibility index (Phi) is 3.89. The maximum Gasteiger partial charge on any atom is 0.251 e. The minimum atomic E-state index is -0.724. The smallest absolute Gasteiger partial charge is 0.251 e. The number of carbonyl (C=O) groups is 1. The van der Waals surface area contributed by atoms with Gasteiger partial charge >= 0.3 is 0 Å². The first-order chi connectivity index (χ1) is 6.56. The fraction of sp³-hybridized carbons (Fsp3) is 0.900. The topological polar surface area (TPSA) is 50.4 Å². The van der Waals surface area contributed by atoms with Crippen LogP contribution in [0.5, 0.6) is 0 Å². The fourth-order valence-corrected chi connectivity index (χ4v) is 1.45. The predicted molar refractivity (Wildman–Crippen MR) is 55.1 cm³/mol. The van der Waals surface area contributed by atoms with Crippen LogP contribution in [0.3, 0.4) is 0 Å². The van der Waals surface area contributed by atoms with E-state index in [0.29, 0.717) is 12.6 Å². The molecular formula is C10H20N2O2. The molecule has 0 spiro atoms. The van der Waals surface area contributed by atoms with E-state index in [4.69, 9.17) is 4.74 Å². The third-order valence-corrected chi connectivity index (χ3v) is 2.73. The monoisotopic (exact) mass is 200 g/mol. The summed E-state index contributed by atoms with van der Waals surface area (Å²) in [4.78, 5) is 11.6. The number of ether oxygens (including phenoxy) is 1. The van der Waals surface area contributed by atoms with Gasteiger partial charge in [0.15, 0.2) is 0 Å². The van der Waals surface area contributed by atoms with E-state index >= 15 is 0 Å². The molecule has 4 heteroatoms. The maximum atomic E-state index is 11.6. The second-order valence-electron chi connectivity index (χ2n) is 4.22. The molecule has 1 heterocycles. The second kappa shape index (κ2) is 4.75. The number of methoxy groups -OCH3 is 1. The molecule has 0 saturated carbocycles. The molecule has 0 bridgehead atoms. The van der Waals surface area contributed by atoms with Gasteiger partial charge in [0.1, 0.15) is 5.60 Å². The summed E-state index contributed by atoms with van der Waals surface area (Å²) in [5.74, 6) is -0.0475. The Labute approximate surface area is 85.4 Å². The van der Waals surface area contributed by atoms with Crippen molar-refractivity contribution in [3.05, 3.63) is 0 Å². The van der Waals surface area contributed by atoms with Gasteiger partial charge in [0.2, 0.25) is 0 Å². The Morgan fingerprint density at radius 2 is 2.36 bits per heavy atom. The molecule has 1 atom stereocenters. The molecule has 0 aliphatic carbocycles. The molecule has 0 aromatic carbocycles. The lowest BCUT2D eigenvalue weighted by Gasteiger charge is -2.22. The molecule has 2 N–H and O–H groups in total. The zero-order valence-electron chi connectivity index (χ0n) is 9.22. The largest absolute Gasteiger partial charge is 0.369 e. The minimum Gasteiger partial charge on any atom is -0.369 e. The molecule has 1 amide bonds. The highest BCUT2D eigenvalue weighted by atomic mass is 16.5. The van der Waals surface area contributed by atoms with Crippen LogP contribution in [0.25, 0.3) is 0 Å². The summed E-state index contributed by atoms with van der Waals surface area (Å²) in [5.41, 5.74) is -0.724. The minimum absolute atomic E-state index is 0.0475. The van der Waals surface area contributed by atoms with Crippen molar-refractivity contribution in [2.45, 2.75) is 38.3 Å². The number of carbonyl (C=O) groups excluding carboxylic acids is 1. The van der Waals surface area contributed by atoms with Crippen molar-refractivity contribution < 1.29 is 9.53 Å². The van der Waals surface area contributed by atoms with Gasteiger partial charge in [-0.25, -0.2) is 0 Å². The molecule has 1 rings (SSSR count). The first kappa shape index (κ1) is 11.5. The van der Waals surface area contributed by atoms with E-state index in [0.717, 1.165) is 13.0 Å². The zero-order valence-corrected chi connectivity index (χ0v) is 9.22. The summed E-state index contributed by atoms with van der Waals surface area (Å²) >= 11 is 0. The number of amides is 1. The summed E-state index contributed by atoms with van der Waals surface area (Å²) in [6.45, 7) is 5.30. The third-order valence-electron chi connectivity index (χ3n) is 2.73. The average molecular weight is 200 g/mol. The highest BCUT2D eigenvalue weighted by molar-refractivity contribution is 5.84. The second-order valence-corrected chi connectivity index (χ2v) is 4.22. The highest BCUT2D eigenvalue weighted by Gasteiger charge is 2.27. The van der Waals surface area contributed by atoms with Gasteiger partial charge in [-0.2, -0.15) is 0 Å².